The molecule has 3 aromatic rings. The molecule has 1 N–H and O–H groups in total. The van der Waals surface area contributed by atoms with Gasteiger partial charge in [0.15, 0.2) is 5.13 Å². The number of esters is 1. The fourth-order valence-corrected chi connectivity index (χ4v) is 3.96. The van der Waals surface area contributed by atoms with Gasteiger partial charge in [-0.25, -0.2) is 4.98 Å². The summed E-state index contributed by atoms with van der Waals surface area (Å²) in [6, 6.07) is 15.3. The molecule has 0 spiro atoms. The second-order valence-electron chi connectivity index (χ2n) is 7.17. The Morgan fingerprint density at radius 1 is 1.06 bits per heavy atom. The van der Waals surface area contributed by atoms with Gasteiger partial charge in [0.25, 0.3) is 0 Å². The van der Waals surface area contributed by atoms with E-state index in [1.165, 1.54) is 18.4 Å². The van der Waals surface area contributed by atoms with E-state index in [-0.39, 0.29) is 24.8 Å². The minimum Gasteiger partial charge on any atom is -0.497 e. The van der Waals surface area contributed by atoms with Gasteiger partial charge in [0.05, 0.1) is 40.0 Å². The van der Waals surface area contributed by atoms with Gasteiger partial charge in [-0.15, -0.1) is 11.3 Å². The van der Waals surface area contributed by atoms with E-state index >= 15 is 0 Å². The van der Waals surface area contributed by atoms with Crippen LogP contribution in [0.4, 0.5) is 5.13 Å². The molecule has 0 fully saturated rings. The van der Waals surface area contributed by atoms with E-state index in [4.69, 9.17) is 14.2 Å². The number of methoxy groups -OCH3 is 3. The van der Waals surface area contributed by atoms with Crippen LogP contribution >= 0.6 is 11.3 Å². The summed E-state index contributed by atoms with van der Waals surface area (Å²) in [4.78, 5) is 30.8. The van der Waals surface area contributed by atoms with Gasteiger partial charge in [-0.3, -0.25) is 14.5 Å². The minimum atomic E-state index is -0.313. The molecule has 174 valence electrons. The van der Waals surface area contributed by atoms with Crippen molar-refractivity contribution in [1.29, 1.82) is 0 Å². The van der Waals surface area contributed by atoms with Gasteiger partial charge in [0.2, 0.25) is 5.91 Å². The van der Waals surface area contributed by atoms with E-state index in [2.05, 4.69) is 10.3 Å². The number of carbonyl (C=O) groups is 2. The van der Waals surface area contributed by atoms with Crippen molar-refractivity contribution in [2.75, 3.05) is 39.7 Å². The van der Waals surface area contributed by atoms with Crippen LogP contribution in [0.15, 0.2) is 53.9 Å². The van der Waals surface area contributed by atoms with Crippen LogP contribution in [0.25, 0.3) is 11.3 Å². The molecule has 1 amide bonds. The van der Waals surface area contributed by atoms with Gasteiger partial charge in [0, 0.05) is 30.1 Å². The number of carbonyl (C=O) groups excluding carboxylic acids is 2. The number of nitrogens with one attached hydrogen (secondary N) is 1. The lowest BCUT2D eigenvalue weighted by Crippen LogP contribution is -2.34. The lowest BCUT2D eigenvalue weighted by Gasteiger charge is -2.21. The van der Waals surface area contributed by atoms with Crippen LogP contribution in [0, 0.1) is 0 Å². The van der Waals surface area contributed by atoms with Crippen molar-refractivity contribution >= 4 is 28.3 Å². The number of hydrogen-bond donors (Lipinski definition) is 1. The number of thiazole rings is 1. The third-order valence-corrected chi connectivity index (χ3v) is 5.67. The molecule has 2 aromatic carbocycles. The van der Waals surface area contributed by atoms with Crippen LogP contribution in [-0.2, 0) is 20.9 Å². The van der Waals surface area contributed by atoms with Crippen molar-refractivity contribution in [3.05, 3.63) is 59.5 Å². The summed E-state index contributed by atoms with van der Waals surface area (Å²) in [7, 11) is 4.54. The van der Waals surface area contributed by atoms with Gasteiger partial charge in [-0.2, -0.15) is 0 Å². The van der Waals surface area contributed by atoms with Crippen LogP contribution in [0.1, 0.15) is 12.0 Å². The molecular formula is C24H27N3O5S. The van der Waals surface area contributed by atoms with Gasteiger partial charge in [0.1, 0.15) is 11.5 Å². The van der Waals surface area contributed by atoms with Gasteiger partial charge in [-0.05, 0) is 17.7 Å². The van der Waals surface area contributed by atoms with E-state index < -0.39 is 0 Å². The third-order valence-electron chi connectivity index (χ3n) is 4.91. The van der Waals surface area contributed by atoms with Crippen molar-refractivity contribution in [2.45, 2.75) is 13.0 Å². The maximum atomic E-state index is 12.7. The number of rotatable bonds is 11. The average Bonchev–Trinajstić information content (AvgIpc) is 3.30. The Morgan fingerprint density at radius 2 is 1.85 bits per heavy atom. The highest BCUT2D eigenvalue weighted by Crippen LogP contribution is 2.34. The molecule has 3 rings (SSSR count). The largest absolute Gasteiger partial charge is 0.497 e. The molecule has 1 heterocycles. The number of benzene rings is 2. The zero-order chi connectivity index (χ0) is 23.6. The Labute approximate surface area is 197 Å². The first-order valence-electron chi connectivity index (χ1n) is 10.3. The fourth-order valence-electron chi connectivity index (χ4n) is 3.23. The summed E-state index contributed by atoms with van der Waals surface area (Å²) < 4.78 is 15.4. The second kappa shape index (κ2) is 12.0. The summed E-state index contributed by atoms with van der Waals surface area (Å²) in [6.45, 7) is 1.06. The van der Waals surface area contributed by atoms with Crippen molar-refractivity contribution in [3.8, 4) is 22.8 Å². The van der Waals surface area contributed by atoms with Gasteiger partial charge >= 0.3 is 5.97 Å². The number of nitrogens with zero attached hydrogens (tertiary/aromatic N) is 2. The van der Waals surface area contributed by atoms with Gasteiger partial charge < -0.3 is 19.5 Å². The molecule has 33 heavy (non-hydrogen) atoms. The monoisotopic (exact) mass is 469 g/mol. The lowest BCUT2D eigenvalue weighted by atomic mass is 10.1. The highest BCUT2D eigenvalue weighted by Gasteiger charge is 2.16. The van der Waals surface area contributed by atoms with Crippen LogP contribution in [0.2, 0.25) is 0 Å². The first-order valence-corrected chi connectivity index (χ1v) is 11.2. The van der Waals surface area contributed by atoms with Crippen LogP contribution in [-0.4, -0.2) is 56.2 Å². The van der Waals surface area contributed by atoms with Crippen molar-refractivity contribution in [2.24, 2.45) is 0 Å². The molecule has 0 saturated carbocycles. The Balaban J connectivity index is 1.66. The molecule has 9 heteroatoms. The number of hydrogen-bond acceptors (Lipinski definition) is 8. The van der Waals surface area contributed by atoms with Crippen LogP contribution < -0.4 is 14.8 Å². The normalized spacial score (nSPS) is 10.7. The Kier molecular flexibility index (Phi) is 8.79. The third kappa shape index (κ3) is 7.03. The number of aromatic nitrogens is 1. The number of amides is 1. The topological polar surface area (TPSA) is 90.0 Å². The summed E-state index contributed by atoms with van der Waals surface area (Å²) >= 11 is 1.33. The van der Waals surface area contributed by atoms with Gasteiger partial charge in [-0.1, -0.05) is 30.3 Å². The molecule has 0 aliphatic carbocycles. The summed E-state index contributed by atoms with van der Waals surface area (Å²) in [5.74, 6) is 0.795. The standard InChI is InChI=1S/C24H27N3O5S/c1-30-18-9-10-19(21(13-18)31-2)20-16-33-24(25-20)26-22(28)15-27(12-11-23(29)32-3)14-17-7-5-4-6-8-17/h4-10,13,16H,11-12,14-15H2,1-3H3,(H,25,26,28). The fraction of sp³-hybridized carbons (Fsp3) is 0.292. The van der Waals surface area contributed by atoms with E-state index in [0.717, 1.165) is 11.1 Å². The predicted octanol–water partition coefficient (Wildman–Crippen LogP) is 3.83. The second-order valence-corrected chi connectivity index (χ2v) is 8.03. The molecule has 0 bridgehead atoms. The summed E-state index contributed by atoms with van der Waals surface area (Å²) in [5, 5.41) is 5.20. The number of anilines is 1. The van der Waals surface area contributed by atoms with E-state index in [1.807, 2.05) is 52.7 Å². The summed E-state index contributed by atoms with van der Waals surface area (Å²) in [6.07, 6.45) is 0.204. The maximum absolute atomic E-state index is 12.7. The van der Waals surface area contributed by atoms with Crippen molar-refractivity contribution < 1.29 is 23.8 Å². The van der Waals surface area contributed by atoms with Crippen LogP contribution in [0.5, 0.6) is 11.5 Å². The molecule has 8 nitrogen and oxygen atoms in total. The zero-order valence-electron chi connectivity index (χ0n) is 18.9. The van der Waals surface area contributed by atoms with E-state index in [1.54, 1.807) is 20.3 Å². The molecule has 0 atom stereocenters. The molecule has 0 aliphatic heterocycles. The zero-order valence-corrected chi connectivity index (χ0v) is 19.7. The number of ether oxygens (including phenoxy) is 3. The first-order chi connectivity index (χ1) is 16.0. The van der Waals surface area contributed by atoms with Crippen LogP contribution in [0.3, 0.4) is 0 Å². The molecule has 0 aliphatic rings. The minimum absolute atomic E-state index is 0.118. The first kappa shape index (κ1) is 24.2. The molecular weight excluding hydrogens is 442 g/mol. The molecule has 0 unspecified atom stereocenters. The average molecular weight is 470 g/mol. The van der Waals surface area contributed by atoms with E-state index in [9.17, 15) is 9.59 Å². The lowest BCUT2D eigenvalue weighted by molar-refractivity contribution is -0.141. The highest BCUT2D eigenvalue weighted by atomic mass is 32.1. The molecule has 1 aromatic heterocycles. The Morgan fingerprint density at radius 3 is 2.55 bits per heavy atom. The molecule has 0 saturated heterocycles. The van der Waals surface area contributed by atoms with Crippen molar-refractivity contribution in [1.82, 2.24) is 9.88 Å². The maximum Gasteiger partial charge on any atom is 0.306 e. The SMILES string of the molecule is COC(=O)CCN(CC(=O)Nc1nc(-c2ccc(OC)cc2OC)cs1)Cc1ccccc1. The predicted molar refractivity (Wildman–Crippen MR) is 128 cm³/mol. The quantitative estimate of drug-likeness (QED) is 0.427. The highest BCUT2D eigenvalue weighted by molar-refractivity contribution is 7.14. The summed E-state index contributed by atoms with van der Waals surface area (Å²) in [5.41, 5.74) is 2.55. The Hall–Kier alpha value is -3.43. The Bertz CT molecular complexity index is 1070. The van der Waals surface area contributed by atoms with Crippen molar-refractivity contribution in [3.63, 3.8) is 0 Å². The smallest absolute Gasteiger partial charge is 0.306 e. The van der Waals surface area contributed by atoms with E-state index in [0.29, 0.717) is 35.4 Å². The molecule has 0 radical (unpaired) electrons.